The maximum atomic E-state index is 12.8. The summed E-state index contributed by atoms with van der Waals surface area (Å²) in [5.74, 6) is 0.358. The van der Waals surface area contributed by atoms with Gasteiger partial charge in [-0.2, -0.15) is 10.2 Å². The summed E-state index contributed by atoms with van der Waals surface area (Å²) in [5.41, 5.74) is 2.05. The lowest BCUT2D eigenvalue weighted by atomic mass is 10.1. The lowest BCUT2D eigenvalue weighted by Crippen LogP contribution is -2.48. The Kier molecular flexibility index (Phi) is 4.34. The van der Waals surface area contributed by atoms with Crippen molar-refractivity contribution in [2.45, 2.75) is 0 Å². The third-order valence-electron chi connectivity index (χ3n) is 4.56. The van der Waals surface area contributed by atoms with E-state index in [1.54, 1.807) is 35.4 Å². The number of hydrogen-bond donors (Lipinski definition) is 0. The van der Waals surface area contributed by atoms with E-state index in [1.165, 1.54) is 7.11 Å². The Morgan fingerprint density at radius 3 is 2.78 bits per heavy atom. The molecule has 0 N–H and O–H groups in total. The molecular formula is C19H17N5O3. The van der Waals surface area contributed by atoms with Gasteiger partial charge in [0, 0.05) is 37.9 Å². The number of aromatic nitrogens is 2. The maximum Gasteiger partial charge on any atom is 0.300 e. The van der Waals surface area contributed by atoms with Crippen molar-refractivity contribution >= 4 is 23.2 Å². The van der Waals surface area contributed by atoms with Crippen molar-refractivity contribution < 1.29 is 13.9 Å². The third kappa shape index (κ3) is 3.15. The number of fused-ring (bicyclic) bond motifs is 1. The zero-order valence-electron chi connectivity index (χ0n) is 14.8. The summed E-state index contributed by atoms with van der Waals surface area (Å²) >= 11 is 0. The number of hydrogen-bond acceptors (Lipinski definition) is 7. The van der Waals surface area contributed by atoms with Gasteiger partial charge < -0.3 is 19.0 Å². The number of nitrogens with zero attached hydrogens (tertiary/aromatic N) is 5. The van der Waals surface area contributed by atoms with Crippen LogP contribution in [-0.4, -0.2) is 54.1 Å². The summed E-state index contributed by atoms with van der Waals surface area (Å²) in [5, 5.41) is 9.20. The van der Waals surface area contributed by atoms with Gasteiger partial charge >= 0.3 is 0 Å². The van der Waals surface area contributed by atoms with Gasteiger partial charge in [-0.1, -0.05) is 0 Å². The molecule has 0 bridgehead atoms. The van der Waals surface area contributed by atoms with Crippen molar-refractivity contribution in [2.75, 3.05) is 38.2 Å². The highest BCUT2D eigenvalue weighted by Gasteiger charge is 2.25. The zero-order valence-corrected chi connectivity index (χ0v) is 14.8. The second kappa shape index (κ2) is 6.96. The number of anilines is 1. The number of carbonyl (C=O) groups excluding carboxylic acids is 1. The van der Waals surface area contributed by atoms with E-state index in [2.05, 4.69) is 16.0 Å². The molecule has 0 atom stereocenters. The van der Waals surface area contributed by atoms with Crippen molar-refractivity contribution in [3.8, 4) is 11.8 Å². The van der Waals surface area contributed by atoms with E-state index >= 15 is 0 Å². The van der Waals surface area contributed by atoms with Gasteiger partial charge in [0.05, 0.1) is 12.7 Å². The zero-order chi connectivity index (χ0) is 18.8. The summed E-state index contributed by atoms with van der Waals surface area (Å²) < 4.78 is 10.9. The number of rotatable bonds is 3. The number of nitriles is 1. The molecule has 8 heteroatoms. The second-order valence-corrected chi connectivity index (χ2v) is 6.13. The quantitative estimate of drug-likeness (QED) is 0.703. The van der Waals surface area contributed by atoms with E-state index in [1.807, 2.05) is 11.0 Å². The molecule has 1 aliphatic rings. The maximum absolute atomic E-state index is 12.8. The topological polar surface area (TPSA) is 95.5 Å². The highest BCUT2D eigenvalue weighted by atomic mass is 16.5. The number of benzene rings is 1. The molecule has 1 amide bonds. The predicted octanol–water partition coefficient (Wildman–Crippen LogP) is 2.07. The van der Waals surface area contributed by atoms with Gasteiger partial charge in [0.1, 0.15) is 11.8 Å². The summed E-state index contributed by atoms with van der Waals surface area (Å²) in [4.78, 5) is 25.1. The third-order valence-corrected chi connectivity index (χ3v) is 4.56. The first kappa shape index (κ1) is 16.8. The Balaban J connectivity index is 1.46. The van der Waals surface area contributed by atoms with Crippen molar-refractivity contribution in [3.05, 3.63) is 47.7 Å². The van der Waals surface area contributed by atoms with Gasteiger partial charge in [0.25, 0.3) is 11.9 Å². The van der Waals surface area contributed by atoms with Crippen LogP contribution < -0.4 is 9.64 Å². The average molecular weight is 363 g/mol. The smallest absolute Gasteiger partial charge is 0.300 e. The van der Waals surface area contributed by atoms with Crippen LogP contribution >= 0.6 is 0 Å². The SMILES string of the molecule is COc1ccc(C(=O)N2CCN(c3nc4ncccc4o3)CC2)cc1C#N. The fourth-order valence-corrected chi connectivity index (χ4v) is 3.10. The van der Waals surface area contributed by atoms with Crippen molar-refractivity contribution in [2.24, 2.45) is 0 Å². The van der Waals surface area contributed by atoms with Crippen LogP contribution in [0, 0.1) is 11.3 Å². The van der Waals surface area contributed by atoms with Gasteiger partial charge in [-0.25, -0.2) is 4.98 Å². The summed E-state index contributed by atoms with van der Waals surface area (Å²) in [6.45, 7) is 2.30. The molecule has 1 saturated heterocycles. The summed E-state index contributed by atoms with van der Waals surface area (Å²) in [7, 11) is 1.50. The molecule has 0 saturated carbocycles. The minimum absolute atomic E-state index is 0.104. The molecule has 3 aromatic rings. The van der Waals surface area contributed by atoms with E-state index in [4.69, 9.17) is 9.15 Å². The van der Waals surface area contributed by atoms with Crippen LogP contribution in [0.1, 0.15) is 15.9 Å². The number of carbonyl (C=O) groups is 1. The molecule has 136 valence electrons. The number of piperazine rings is 1. The Labute approximate surface area is 155 Å². The summed E-state index contributed by atoms with van der Waals surface area (Å²) in [6.07, 6.45) is 1.68. The molecule has 0 unspecified atom stereocenters. The molecule has 1 aliphatic heterocycles. The fraction of sp³-hybridized carbons (Fsp3) is 0.263. The molecule has 8 nitrogen and oxygen atoms in total. The largest absolute Gasteiger partial charge is 0.495 e. The molecule has 4 rings (SSSR count). The van der Waals surface area contributed by atoms with E-state index in [-0.39, 0.29) is 5.91 Å². The second-order valence-electron chi connectivity index (χ2n) is 6.13. The first-order valence-corrected chi connectivity index (χ1v) is 8.53. The van der Waals surface area contributed by atoms with Crippen LogP contribution in [0.15, 0.2) is 40.9 Å². The molecular weight excluding hydrogens is 346 g/mol. The van der Waals surface area contributed by atoms with Crippen LogP contribution in [0.25, 0.3) is 11.2 Å². The number of pyridine rings is 1. The molecule has 1 aromatic carbocycles. The van der Waals surface area contributed by atoms with Crippen molar-refractivity contribution in [1.29, 1.82) is 5.26 Å². The first-order chi connectivity index (χ1) is 13.2. The standard InChI is InChI=1S/C19H17N5O3/c1-26-15-5-4-13(11-14(15)12-20)18(25)23-7-9-24(10-8-23)19-22-17-16(27-19)3-2-6-21-17/h2-6,11H,7-10H2,1H3. The molecule has 0 radical (unpaired) electrons. The lowest BCUT2D eigenvalue weighted by molar-refractivity contribution is 0.0745. The first-order valence-electron chi connectivity index (χ1n) is 8.53. The van der Waals surface area contributed by atoms with Crippen molar-refractivity contribution in [1.82, 2.24) is 14.9 Å². The van der Waals surface area contributed by atoms with Crippen LogP contribution in [0.5, 0.6) is 5.75 Å². The number of oxazole rings is 1. The van der Waals surface area contributed by atoms with E-state index in [9.17, 15) is 10.1 Å². The molecule has 3 heterocycles. The highest BCUT2D eigenvalue weighted by Crippen LogP contribution is 2.23. The van der Waals surface area contributed by atoms with Crippen LogP contribution in [-0.2, 0) is 0 Å². The van der Waals surface area contributed by atoms with Gasteiger partial charge in [0.2, 0.25) is 5.65 Å². The van der Waals surface area contributed by atoms with Crippen LogP contribution in [0.4, 0.5) is 6.01 Å². The predicted molar refractivity (Wildman–Crippen MR) is 97.6 cm³/mol. The Morgan fingerprint density at radius 1 is 1.26 bits per heavy atom. The van der Waals surface area contributed by atoms with E-state index < -0.39 is 0 Å². The number of ether oxygens (including phenoxy) is 1. The van der Waals surface area contributed by atoms with Gasteiger partial charge in [-0.05, 0) is 30.3 Å². The normalized spacial score (nSPS) is 14.2. The average Bonchev–Trinajstić information content (AvgIpc) is 3.17. The molecule has 2 aromatic heterocycles. The molecule has 27 heavy (non-hydrogen) atoms. The van der Waals surface area contributed by atoms with Gasteiger partial charge in [-0.15, -0.1) is 0 Å². The highest BCUT2D eigenvalue weighted by molar-refractivity contribution is 5.95. The molecule has 1 fully saturated rings. The lowest BCUT2D eigenvalue weighted by Gasteiger charge is -2.33. The Hall–Kier alpha value is -3.60. The van der Waals surface area contributed by atoms with E-state index in [0.717, 1.165) is 0 Å². The molecule has 0 spiro atoms. The monoisotopic (exact) mass is 363 g/mol. The fourth-order valence-electron chi connectivity index (χ4n) is 3.10. The minimum Gasteiger partial charge on any atom is -0.495 e. The number of amides is 1. The minimum atomic E-state index is -0.104. The van der Waals surface area contributed by atoms with E-state index in [0.29, 0.717) is 60.3 Å². The van der Waals surface area contributed by atoms with Gasteiger partial charge in [-0.3, -0.25) is 4.79 Å². The van der Waals surface area contributed by atoms with Crippen molar-refractivity contribution in [3.63, 3.8) is 0 Å². The van der Waals surface area contributed by atoms with Gasteiger partial charge in [0.15, 0.2) is 5.58 Å². The molecule has 0 aliphatic carbocycles. The number of methoxy groups -OCH3 is 1. The Bertz CT molecular complexity index is 998. The van der Waals surface area contributed by atoms with Crippen LogP contribution in [0.3, 0.4) is 0 Å². The van der Waals surface area contributed by atoms with Crippen LogP contribution in [0.2, 0.25) is 0 Å². The summed E-state index contributed by atoms with van der Waals surface area (Å²) in [6, 6.07) is 11.1. The Morgan fingerprint density at radius 2 is 2.07 bits per heavy atom.